The molecule has 2 aromatic carbocycles. The first kappa shape index (κ1) is 17.8. The maximum atomic E-state index is 13.6. The van der Waals surface area contributed by atoms with Crippen LogP contribution in [-0.2, 0) is 0 Å². The van der Waals surface area contributed by atoms with E-state index in [0.29, 0.717) is 16.8 Å². The van der Waals surface area contributed by atoms with Gasteiger partial charge in [-0.05, 0) is 42.3 Å². The SMILES string of the molecule is CCC.CN=Cc1cc(-c2cc(F)c(C)c(F)c2)ccc1N. The largest absolute Gasteiger partial charge is 0.398 e. The highest BCUT2D eigenvalue weighted by Gasteiger charge is 2.09. The molecule has 0 amide bonds. The third-order valence-corrected chi connectivity index (χ3v) is 2.97. The quantitative estimate of drug-likeness (QED) is 0.616. The molecular formula is C18H22F2N2. The van der Waals surface area contributed by atoms with Crippen LogP contribution in [0.4, 0.5) is 14.5 Å². The monoisotopic (exact) mass is 304 g/mol. The summed E-state index contributed by atoms with van der Waals surface area (Å²) in [6.07, 6.45) is 2.86. The number of aliphatic imine (C=N–C) groups is 1. The Labute approximate surface area is 130 Å². The van der Waals surface area contributed by atoms with Crippen LogP contribution in [0.2, 0.25) is 0 Å². The van der Waals surface area contributed by atoms with Gasteiger partial charge in [0.15, 0.2) is 0 Å². The lowest BCUT2D eigenvalue weighted by molar-refractivity contribution is 0.569. The number of nitrogens with zero attached hydrogens (tertiary/aromatic N) is 1. The summed E-state index contributed by atoms with van der Waals surface area (Å²) >= 11 is 0. The molecule has 0 spiro atoms. The predicted octanol–water partition coefficient (Wildman–Crippen LogP) is 4.99. The summed E-state index contributed by atoms with van der Waals surface area (Å²) in [4.78, 5) is 3.90. The van der Waals surface area contributed by atoms with E-state index in [0.717, 1.165) is 5.56 Å². The minimum atomic E-state index is -0.558. The van der Waals surface area contributed by atoms with E-state index in [4.69, 9.17) is 5.73 Å². The van der Waals surface area contributed by atoms with Crippen molar-refractivity contribution in [1.29, 1.82) is 0 Å². The van der Waals surface area contributed by atoms with Crippen LogP contribution in [0.5, 0.6) is 0 Å². The van der Waals surface area contributed by atoms with Gasteiger partial charge in [-0.1, -0.05) is 26.3 Å². The van der Waals surface area contributed by atoms with Crippen molar-refractivity contribution in [3.8, 4) is 11.1 Å². The molecule has 0 saturated heterocycles. The van der Waals surface area contributed by atoms with Crippen LogP contribution in [0.3, 0.4) is 0 Å². The standard InChI is InChI=1S/C15H14F2N2.C3H8/c1-9-13(16)6-11(7-14(9)17)10-3-4-15(18)12(5-10)8-19-2;1-3-2/h3-8H,18H2,1-2H3;3H2,1-2H3. The average Bonchev–Trinajstić information content (AvgIpc) is 2.47. The minimum absolute atomic E-state index is 0.0227. The Morgan fingerprint density at radius 1 is 1.05 bits per heavy atom. The second kappa shape index (κ2) is 8.27. The molecule has 4 heteroatoms. The highest BCUT2D eigenvalue weighted by molar-refractivity contribution is 5.89. The van der Waals surface area contributed by atoms with Gasteiger partial charge in [-0.2, -0.15) is 0 Å². The fraction of sp³-hybridized carbons (Fsp3) is 0.278. The van der Waals surface area contributed by atoms with E-state index >= 15 is 0 Å². The molecule has 2 nitrogen and oxygen atoms in total. The Morgan fingerprint density at radius 3 is 2.09 bits per heavy atom. The Balaban J connectivity index is 0.000000745. The fourth-order valence-corrected chi connectivity index (χ4v) is 1.82. The number of halogens is 2. The van der Waals surface area contributed by atoms with Crippen molar-refractivity contribution in [3.63, 3.8) is 0 Å². The molecule has 0 aliphatic rings. The summed E-state index contributed by atoms with van der Waals surface area (Å²) in [6, 6.07) is 7.81. The molecule has 0 heterocycles. The Kier molecular flexibility index (Phi) is 6.70. The van der Waals surface area contributed by atoms with Crippen molar-refractivity contribution in [1.82, 2.24) is 0 Å². The van der Waals surface area contributed by atoms with Crippen LogP contribution in [0.15, 0.2) is 35.3 Å². The van der Waals surface area contributed by atoms with Crippen molar-refractivity contribution >= 4 is 11.9 Å². The van der Waals surface area contributed by atoms with Crippen LogP contribution in [0, 0.1) is 18.6 Å². The molecule has 0 atom stereocenters. The normalized spacial score (nSPS) is 10.5. The van der Waals surface area contributed by atoms with Gasteiger partial charge in [-0.15, -0.1) is 0 Å². The fourth-order valence-electron chi connectivity index (χ4n) is 1.82. The first-order valence-electron chi connectivity index (χ1n) is 7.22. The lowest BCUT2D eigenvalue weighted by atomic mass is 10.0. The molecule has 0 unspecified atom stereocenters. The van der Waals surface area contributed by atoms with E-state index in [9.17, 15) is 8.78 Å². The van der Waals surface area contributed by atoms with E-state index in [1.807, 2.05) is 0 Å². The van der Waals surface area contributed by atoms with Gasteiger partial charge in [-0.25, -0.2) is 8.78 Å². The molecule has 0 saturated carbocycles. The minimum Gasteiger partial charge on any atom is -0.398 e. The third-order valence-electron chi connectivity index (χ3n) is 2.97. The van der Waals surface area contributed by atoms with Gasteiger partial charge in [0.25, 0.3) is 0 Å². The molecule has 0 radical (unpaired) electrons. The lowest BCUT2D eigenvalue weighted by Gasteiger charge is -2.08. The Hall–Kier alpha value is -2.23. The van der Waals surface area contributed by atoms with E-state index < -0.39 is 11.6 Å². The summed E-state index contributed by atoms with van der Waals surface area (Å²) in [7, 11) is 1.64. The number of rotatable bonds is 2. The Bertz CT molecular complexity index is 641. The van der Waals surface area contributed by atoms with Gasteiger partial charge >= 0.3 is 0 Å². The highest BCUT2D eigenvalue weighted by Crippen LogP contribution is 2.26. The molecule has 118 valence electrons. The number of hydrogen-bond donors (Lipinski definition) is 1. The second-order valence-corrected chi connectivity index (χ2v) is 5.00. The van der Waals surface area contributed by atoms with Crippen LogP contribution >= 0.6 is 0 Å². The molecule has 0 aromatic heterocycles. The zero-order valence-electron chi connectivity index (χ0n) is 13.5. The summed E-state index contributed by atoms with van der Waals surface area (Å²) in [5, 5.41) is 0. The molecular weight excluding hydrogens is 282 g/mol. The van der Waals surface area contributed by atoms with E-state index in [1.54, 1.807) is 31.5 Å². The topological polar surface area (TPSA) is 38.4 Å². The molecule has 22 heavy (non-hydrogen) atoms. The van der Waals surface area contributed by atoms with E-state index in [2.05, 4.69) is 18.8 Å². The molecule has 0 fully saturated rings. The van der Waals surface area contributed by atoms with Gasteiger partial charge in [0, 0.05) is 30.1 Å². The lowest BCUT2D eigenvalue weighted by Crippen LogP contribution is -1.95. The summed E-state index contributed by atoms with van der Waals surface area (Å²) < 4.78 is 27.1. The van der Waals surface area contributed by atoms with Crippen LogP contribution < -0.4 is 5.73 Å². The van der Waals surface area contributed by atoms with Crippen LogP contribution in [0.1, 0.15) is 31.4 Å². The Morgan fingerprint density at radius 2 is 1.59 bits per heavy atom. The molecule has 0 aliphatic carbocycles. The van der Waals surface area contributed by atoms with Crippen molar-refractivity contribution in [3.05, 3.63) is 53.1 Å². The molecule has 0 bridgehead atoms. The van der Waals surface area contributed by atoms with Crippen molar-refractivity contribution in [2.75, 3.05) is 12.8 Å². The van der Waals surface area contributed by atoms with Crippen LogP contribution in [-0.4, -0.2) is 13.3 Å². The number of nitrogens with two attached hydrogens (primary N) is 1. The predicted molar refractivity (Wildman–Crippen MR) is 90.4 cm³/mol. The van der Waals surface area contributed by atoms with Crippen molar-refractivity contribution in [2.24, 2.45) is 4.99 Å². The first-order chi connectivity index (χ1) is 10.4. The van der Waals surface area contributed by atoms with Crippen molar-refractivity contribution in [2.45, 2.75) is 27.2 Å². The number of nitrogen functional groups attached to an aromatic ring is 1. The smallest absolute Gasteiger partial charge is 0.129 e. The van der Waals surface area contributed by atoms with Gasteiger partial charge in [0.05, 0.1) is 0 Å². The molecule has 2 N–H and O–H groups in total. The van der Waals surface area contributed by atoms with Crippen molar-refractivity contribution < 1.29 is 8.78 Å². The zero-order valence-corrected chi connectivity index (χ0v) is 13.5. The zero-order chi connectivity index (χ0) is 16.7. The number of hydrogen-bond acceptors (Lipinski definition) is 2. The molecule has 2 rings (SSSR count). The maximum Gasteiger partial charge on any atom is 0.129 e. The average molecular weight is 304 g/mol. The van der Waals surface area contributed by atoms with Crippen LogP contribution in [0.25, 0.3) is 11.1 Å². The van der Waals surface area contributed by atoms with E-state index in [-0.39, 0.29) is 5.56 Å². The highest BCUT2D eigenvalue weighted by atomic mass is 19.1. The number of anilines is 1. The first-order valence-corrected chi connectivity index (χ1v) is 7.22. The van der Waals surface area contributed by atoms with Gasteiger partial charge in [0.2, 0.25) is 0 Å². The van der Waals surface area contributed by atoms with Gasteiger partial charge in [-0.3, -0.25) is 4.99 Å². The molecule has 0 aliphatic heterocycles. The molecule has 2 aromatic rings. The summed E-state index contributed by atoms with van der Waals surface area (Å²) in [5.74, 6) is -1.12. The second-order valence-electron chi connectivity index (χ2n) is 5.00. The van der Waals surface area contributed by atoms with Gasteiger partial charge in [0.1, 0.15) is 11.6 Å². The summed E-state index contributed by atoms with van der Waals surface area (Å²) in [5.41, 5.74) is 8.29. The van der Waals surface area contributed by atoms with E-state index in [1.165, 1.54) is 25.5 Å². The van der Waals surface area contributed by atoms with Gasteiger partial charge < -0.3 is 5.73 Å². The maximum absolute atomic E-state index is 13.6. The number of benzene rings is 2. The summed E-state index contributed by atoms with van der Waals surface area (Å²) in [6.45, 7) is 5.66. The third kappa shape index (κ3) is 4.38.